The predicted octanol–water partition coefficient (Wildman–Crippen LogP) is 2.59. The van der Waals surface area contributed by atoms with Crippen LogP contribution in [0.4, 0.5) is 0 Å². The summed E-state index contributed by atoms with van der Waals surface area (Å²) in [5, 5.41) is 0. The van der Waals surface area contributed by atoms with Gasteiger partial charge in [-0.05, 0) is 12.8 Å². The molecule has 1 saturated heterocycles. The lowest BCUT2D eigenvalue weighted by Gasteiger charge is -2.36. The van der Waals surface area contributed by atoms with E-state index in [0.717, 1.165) is 44.6 Å². The van der Waals surface area contributed by atoms with E-state index in [4.69, 9.17) is 0 Å². The standard InChI is InChI=1S/C19H26N2O2/c22-18(16-7-3-1-4-8-16)15-20-11-13-21(14-12-20)19(23)17-9-5-2-6-10-17/h1,3-4,7-8,17H,2,5-6,9-15H2. The zero-order valence-electron chi connectivity index (χ0n) is 13.7. The molecule has 0 bridgehead atoms. The van der Waals surface area contributed by atoms with E-state index in [1.54, 1.807) is 0 Å². The lowest BCUT2D eigenvalue weighted by Crippen LogP contribution is -2.51. The molecule has 3 rings (SSSR count). The first-order chi connectivity index (χ1) is 11.2. The van der Waals surface area contributed by atoms with Crippen molar-refractivity contribution in [1.82, 2.24) is 9.80 Å². The zero-order chi connectivity index (χ0) is 16.1. The van der Waals surface area contributed by atoms with Crippen molar-refractivity contribution >= 4 is 11.7 Å². The number of Topliss-reactive ketones (excluding diaryl/α,β-unsaturated/α-hetero) is 1. The van der Waals surface area contributed by atoms with Crippen molar-refractivity contribution in [3.05, 3.63) is 35.9 Å². The summed E-state index contributed by atoms with van der Waals surface area (Å²) in [4.78, 5) is 29.0. The van der Waals surface area contributed by atoms with Crippen molar-refractivity contribution in [3.63, 3.8) is 0 Å². The predicted molar refractivity (Wildman–Crippen MR) is 90.4 cm³/mol. The van der Waals surface area contributed by atoms with Crippen LogP contribution in [0.25, 0.3) is 0 Å². The van der Waals surface area contributed by atoms with E-state index < -0.39 is 0 Å². The fourth-order valence-electron chi connectivity index (χ4n) is 3.65. The summed E-state index contributed by atoms with van der Waals surface area (Å²) in [5.41, 5.74) is 0.771. The number of carbonyl (C=O) groups is 2. The van der Waals surface area contributed by atoms with Gasteiger partial charge in [-0.1, -0.05) is 49.6 Å². The lowest BCUT2D eigenvalue weighted by atomic mass is 9.88. The molecular formula is C19H26N2O2. The average molecular weight is 314 g/mol. The molecule has 0 aromatic heterocycles. The van der Waals surface area contributed by atoms with Crippen LogP contribution in [-0.2, 0) is 4.79 Å². The van der Waals surface area contributed by atoms with Crippen LogP contribution in [-0.4, -0.2) is 54.2 Å². The van der Waals surface area contributed by atoms with Gasteiger partial charge in [-0.2, -0.15) is 0 Å². The van der Waals surface area contributed by atoms with Gasteiger partial charge in [0.25, 0.3) is 0 Å². The number of rotatable bonds is 4. The second-order valence-electron chi connectivity index (χ2n) is 6.73. The van der Waals surface area contributed by atoms with Gasteiger partial charge in [0.15, 0.2) is 5.78 Å². The third kappa shape index (κ3) is 4.20. The first kappa shape index (κ1) is 16.2. The molecule has 2 fully saturated rings. The van der Waals surface area contributed by atoms with Crippen molar-refractivity contribution in [2.75, 3.05) is 32.7 Å². The van der Waals surface area contributed by atoms with Gasteiger partial charge in [-0.3, -0.25) is 14.5 Å². The molecule has 1 amide bonds. The van der Waals surface area contributed by atoms with E-state index in [-0.39, 0.29) is 11.7 Å². The summed E-state index contributed by atoms with van der Waals surface area (Å²) < 4.78 is 0. The van der Waals surface area contributed by atoms with E-state index >= 15 is 0 Å². The zero-order valence-corrected chi connectivity index (χ0v) is 13.7. The number of ketones is 1. The Bertz CT molecular complexity index is 530. The fraction of sp³-hybridized carbons (Fsp3) is 0.579. The summed E-state index contributed by atoms with van der Waals surface area (Å²) in [5.74, 6) is 0.762. The Labute approximate surface area is 138 Å². The Morgan fingerprint density at radius 1 is 0.913 bits per heavy atom. The minimum absolute atomic E-state index is 0.164. The Morgan fingerprint density at radius 3 is 2.22 bits per heavy atom. The van der Waals surface area contributed by atoms with Gasteiger partial charge in [-0.15, -0.1) is 0 Å². The Kier molecular flexibility index (Phi) is 5.44. The van der Waals surface area contributed by atoms with Crippen molar-refractivity contribution in [3.8, 4) is 0 Å². The molecule has 0 N–H and O–H groups in total. The first-order valence-electron chi connectivity index (χ1n) is 8.83. The van der Waals surface area contributed by atoms with Crippen molar-refractivity contribution in [1.29, 1.82) is 0 Å². The van der Waals surface area contributed by atoms with Gasteiger partial charge in [0.2, 0.25) is 5.91 Å². The number of carbonyl (C=O) groups excluding carboxylic acids is 2. The van der Waals surface area contributed by atoms with Gasteiger partial charge in [0.1, 0.15) is 0 Å². The second-order valence-corrected chi connectivity index (χ2v) is 6.73. The smallest absolute Gasteiger partial charge is 0.225 e. The molecule has 2 aliphatic rings. The molecule has 4 heteroatoms. The van der Waals surface area contributed by atoms with Crippen LogP contribution in [0, 0.1) is 5.92 Å². The topological polar surface area (TPSA) is 40.6 Å². The summed E-state index contributed by atoms with van der Waals surface area (Å²) in [6.45, 7) is 3.58. The van der Waals surface area contributed by atoms with Crippen molar-refractivity contribution in [2.24, 2.45) is 5.92 Å². The van der Waals surface area contributed by atoms with Gasteiger partial charge >= 0.3 is 0 Å². The number of benzene rings is 1. The maximum atomic E-state index is 12.5. The van der Waals surface area contributed by atoms with E-state index in [9.17, 15) is 9.59 Å². The largest absolute Gasteiger partial charge is 0.340 e. The third-order valence-corrected chi connectivity index (χ3v) is 5.10. The molecule has 4 nitrogen and oxygen atoms in total. The Hall–Kier alpha value is -1.68. The molecule has 1 aliphatic carbocycles. The first-order valence-corrected chi connectivity index (χ1v) is 8.83. The molecule has 23 heavy (non-hydrogen) atoms. The summed E-state index contributed by atoms with van der Waals surface area (Å²) in [6.07, 6.45) is 5.79. The molecule has 1 saturated carbocycles. The van der Waals surface area contributed by atoms with E-state index in [1.165, 1.54) is 19.3 Å². The summed E-state index contributed by atoms with van der Waals surface area (Å²) in [7, 11) is 0. The monoisotopic (exact) mass is 314 g/mol. The highest BCUT2D eigenvalue weighted by Crippen LogP contribution is 2.25. The SMILES string of the molecule is O=C(CN1CCN(C(=O)C2CCCCC2)CC1)c1ccccc1. The van der Waals surface area contributed by atoms with Gasteiger partial charge in [-0.25, -0.2) is 0 Å². The number of amides is 1. The molecule has 1 aromatic carbocycles. The third-order valence-electron chi connectivity index (χ3n) is 5.10. The lowest BCUT2D eigenvalue weighted by molar-refractivity contribution is -0.138. The Morgan fingerprint density at radius 2 is 1.57 bits per heavy atom. The van der Waals surface area contributed by atoms with Crippen LogP contribution >= 0.6 is 0 Å². The number of nitrogens with zero attached hydrogens (tertiary/aromatic N) is 2. The maximum Gasteiger partial charge on any atom is 0.225 e. The number of piperazine rings is 1. The Balaban J connectivity index is 1.46. The van der Waals surface area contributed by atoms with Crippen LogP contribution in [0.2, 0.25) is 0 Å². The van der Waals surface area contributed by atoms with Crippen LogP contribution in [0.5, 0.6) is 0 Å². The van der Waals surface area contributed by atoms with Gasteiger partial charge in [0, 0.05) is 37.7 Å². The molecular weight excluding hydrogens is 288 g/mol. The minimum atomic E-state index is 0.164. The summed E-state index contributed by atoms with van der Waals surface area (Å²) >= 11 is 0. The minimum Gasteiger partial charge on any atom is -0.340 e. The van der Waals surface area contributed by atoms with Gasteiger partial charge in [0.05, 0.1) is 6.54 Å². The van der Waals surface area contributed by atoms with E-state index in [2.05, 4.69) is 4.90 Å². The normalized spacial score (nSPS) is 20.4. The van der Waals surface area contributed by atoms with Crippen LogP contribution in [0.3, 0.4) is 0 Å². The van der Waals surface area contributed by atoms with Crippen molar-refractivity contribution < 1.29 is 9.59 Å². The highest BCUT2D eigenvalue weighted by Gasteiger charge is 2.28. The van der Waals surface area contributed by atoms with E-state index in [1.807, 2.05) is 35.2 Å². The number of hydrogen-bond acceptors (Lipinski definition) is 3. The molecule has 0 radical (unpaired) electrons. The van der Waals surface area contributed by atoms with Crippen molar-refractivity contribution in [2.45, 2.75) is 32.1 Å². The summed E-state index contributed by atoms with van der Waals surface area (Å²) in [6, 6.07) is 9.45. The van der Waals surface area contributed by atoms with Gasteiger partial charge < -0.3 is 4.90 Å². The molecule has 0 unspecified atom stereocenters. The highest BCUT2D eigenvalue weighted by atomic mass is 16.2. The average Bonchev–Trinajstić information content (AvgIpc) is 2.63. The van der Waals surface area contributed by atoms with E-state index in [0.29, 0.717) is 12.5 Å². The molecule has 1 heterocycles. The molecule has 0 spiro atoms. The van der Waals surface area contributed by atoms with Crippen LogP contribution < -0.4 is 0 Å². The number of hydrogen-bond donors (Lipinski definition) is 0. The maximum absolute atomic E-state index is 12.5. The molecule has 1 aliphatic heterocycles. The fourth-order valence-corrected chi connectivity index (χ4v) is 3.65. The van der Waals surface area contributed by atoms with Crippen LogP contribution in [0.1, 0.15) is 42.5 Å². The quantitative estimate of drug-likeness (QED) is 0.802. The highest BCUT2D eigenvalue weighted by molar-refractivity contribution is 5.97. The molecule has 0 atom stereocenters. The molecule has 124 valence electrons. The molecule has 1 aromatic rings. The van der Waals surface area contributed by atoms with Crippen LogP contribution in [0.15, 0.2) is 30.3 Å². The second kappa shape index (κ2) is 7.73.